The van der Waals surface area contributed by atoms with Crippen LogP contribution in [0.25, 0.3) is 0 Å². The Morgan fingerprint density at radius 3 is 2.73 bits per heavy atom. The van der Waals surface area contributed by atoms with E-state index in [1.165, 1.54) is 32.1 Å². The highest BCUT2D eigenvalue weighted by Crippen LogP contribution is 2.27. The summed E-state index contributed by atoms with van der Waals surface area (Å²) in [6.45, 7) is 2.91. The van der Waals surface area contributed by atoms with Crippen molar-refractivity contribution in [3.05, 3.63) is 0 Å². The topological polar surface area (TPSA) is 41.1 Å². The van der Waals surface area contributed by atoms with Crippen LogP contribution in [0.3, 0.4) is 0 Å². The molecule has 0 aromatic rings. The molecular weight excluding hydrogens is 188 g/mol. The van der Waals surface area contributed by atoms with Gasteiger partial charge >= 0.3 is 0 Å². The molecule has 3 heteroatoms. The van der Waals surface area contributed by atoms with Gasteiger partial charge in [-0.2, -0.15) is 0 Å². The van der Waals surface area contributed by atoms with Crippen LogP contribution in [0, 0.1) is 5.92 Å². The van der Waals surface area contributed by atoms with Crippen LogP contribution < -0.4 is 10.6 Å². The van der Waals surface area contributed by atoms with Crippen LogP contribution in [0.15, 0.2) is 0 Å². The second-order valence-corrected chi connectivity index (χ2v) is 5.11. The summed E-state index contributed by atoms with van der Waals surface area (Å²) in [5.74, 6) is 0.978. The lowest BCUT2D eigenvalue weighted by Gasteiger charge is -2.32. The molecule has 0 aromatic heterocycles. The molecule has 2 rings (SSSR count). The van der Waals surface area contributed by atoms with Gasteiger partial charge < -0.3 is 10.6 Å². The van der Waals surface area contributed by atoms with Gasteiger partial charge in [0.15, 0.2) is 0 Å². The number of nitrogens with one attached hydrogen (secondary N) is 2. The van der Waals surface area contributed by atoms with E-state index in [1.807, 2.05) is 0 Å². The maximum Gasteiger partial charge on any atom is 0.237 e. The Labute approximate surface area is 92.0 Å². The molecule has 3 nitrogen and oxygen atoms in total. The summed E-state index contributed by atoms with van der Waals surface area (Å²) in [6, 6.07) is 0.494. The molecule has 1 heterocycles. The van der Waals surface area contributed by atoms with E-state index in [0.29, 0.717) is 6.04 Å². The monoisotopic (exact) mass is 210 g/mol. The Hall–Kier alpha value is -0.570. The highest BCUT2D eigenvalue weighted by atomic mass is 16.2. The molecule has 1 saturated carbocycles. The van der Waals surface area contributed by atoms with Gasteiger partial charge in [0.1, 0.15) is 0 Å². The number of hydrogen-bond donors (Lipinski definition) is 2. The largest absolute Gasteiger partial charge is 0.353 e. The van der Waals surface area contributed by atoms with E-state index in [1.54, 1.807) is 0 Å². The second kappa shape index (κ2) is 4.97. The van der Waals surface area contributed by atoms with Crippen LogP contribution in [-0.4, -0.2) is 24.5 Å². The smallest absolute Gasteiger partial charge is 0.237 e. The minimum atomic E-state index is 0.0665. The van der Waals surface area contributed by atoms with Gasteiger partial charge in [-0.15, -0.1) is 0 Å². The van der Waals surface area contributed by atoms with E-state index >= 15 is 0 Å². The van der Waals surface area contributed by atoms with Gasteiger partial charge in [-0.1, -0.05) is 32.1 Å². The molecule has 0 radical (unpaired) electrons. The molecule has 2 atom stereocenters. The fourth-order valence-corrected chi connectivity index (χ4v) is 2.79. The Kier molecular flexibility index (Phi) is 3.62. The fraction of sp³-hybridized carbons (Fsp3) is 0.917. The van der Waals surface area contributed by atoms with Crippen molar-refractivity contribution in [2.24, 2.45) is 5.92 Å². The molecule has 1 amide bonds. The first-order valence-electron chi connectivity index (χ1n) is 6.29. The van der Waals surface area contributed by atoms with E-state index in [4.69, 9.17) is 0 Å². The van der Waals surface area contributed by atoms with Crippen molar-refractivity contribution in [2.75, 3.05) is 6.54 Å². The zero-order chi connectivity index (χ0) is 10.7. The zero-order valence-corrected chi connectivity index (χ0v) is 9.59. The molecule has 1 aliphatic heterocycles. The summed E-state index contributed by atoms with van der Waals surface area (Å²) in [7, 11) is 0. The van der Waals surface area contributed by atoms with Crippen LogP contribution >= 0.6 is 0 Å². The van der Waals surface area contributed by atoms with Crippen LogP contribution in [0.2, 0.25) is 0 Å². The quantitative estimate of drug-likeness (QED) is 0.724. The molecular formula is C12H22N2O. The third-order valence-electron chi connectivity index (χ3n) is 3.68. The van der Waals surface area contributed by atoms with E-state index < -0.39 is 0 Å². The normalized spacial score (nSPS) is 33.8. The minimum Gasteiger partial charge on any atom is -0.353 e. The number of carbonyl (C=O) groups excluding carboxylic acids is 1. The summed E-state index contributed by atoms with van der Waals surface area (Å²) in [4.78, 5) is 11.6. The Morgan fingerprint density at radius 1 is 1.27 bits per heavy atom. The first kappa shape index (κ1) is 10.9. The van der Waals surface area contributed by atoms with Gasteiger partial charge in [0.2, 0.25) is 5.91 Å². The van der Waals surface area contributed by atoms with Crippen LogP contribution in [0.4, 0.5) is 0 Å². The van der Waals surface area contributed by atoms with Gasteiger partial charge in [-0.3, -0.25) is 4.79 Å². The second-order valence-electron chi connectivity index (χ2n) is 5.11. The first-order valence-corrected chi connectivity index (χ1v) is 6.29. The lowest BCUT2D eigenvalue weighted by molar-refractivity contribution is -0.125. The number of piperazine rings is 1. The average Bonchev–Trinajstić information content (AvgIpc) is 2.25. The number of rotatable bonds is 2. The van der Waals surface area contributed by atoms with Gasteiger partial charge in [-0.25, -0.2) is 0 Å². The predicted molar refractivity (Wildman–Crippen MR) is 60.6 cm³/mol. The predicted octanol–water partition coefficient (Wildman–Crippen LogP) is 1.43. The molecule has 0 spiro atoms. The molecule has 86 valence electrons. The van der Waals surface area contributed by atoms with Gasteiger partial charge in [0.25, 0.3) is 0 Å². The third kappa shape index (κ3) is 2.94. The highest BCUT2D eigenvalue weighted by Gasteiger charge is 2.28. The number of amides is 1. The lowest BCUT2D eigenvalue weighted by Crippen LogP contribution is -2.57. The maximum atomic E-state index is 11.6. The van der Waals surface area contributed by atoms with Crippen molar-refractivity contribution in [1.82, 2.24) is 10.6 Å². The summed E-state index contributed by atoms with van der Waals surface area (Å²) < 4.78 is 0. The minimum absolute atomic E-state index is 0.0665. The number of carbonyl (C=O) groups is 1. The first-order chi connectivity index (χ1) is 7.25. The van der Waals surface area contributed by atoms with Crippen molar-refractivity contribution in [3.63, 3.8) is 0 Å². The van der Waals surface area contributed by atoms with Crippen molar-refractivity contribution in [3.8, 4) is 0 Å². The summed E-state index contributed by atoms with van der Waals surface area (Å²) in [5, 5.41) is 6.37. The zero-order valence-electron chi connectivity index (χ0n) is 9.59. The summed E-state index contributed by atoms with van der Waals surface area (Å²) in [6.07, 6.45) is 7.77. The molecule has 2 N–H and O–H groups in total. The number of hydrogen-bond acceptors (Lipinski definition) is 2. The molecule has 2 unspecified atom stereocenters. The van der Waals surface area contributed by atoms with Crippen LogP contribution in [0.5, 0.6) is 0 Å². The third-order valence-corrected chi connectivity index (χ3v) is 3.68. The molecule has 0 aromatic carbocycles. The fourth-order valence-electron chi connectivity index (χ4n) is 2.79. The van der Waals surface area contributed by atoms with E-state index in [-0.39, 0.29) is 11.9 Å². The molecule has 1 aliphatic carbocycles. The van der Waals surface area contributed by atoms with E-state index in [2.05, 4.69) is 17.6 Å². The molecule has 1 saturated heterocycles. The summed E-state index contributed by atoms with van der Waals surface area (Å²) in [5.41, 5.74) is 0. The Bertz CT molecular complexity index is 224. The van der Waals surface area contributed by atoms with Crippen LogP contribution in [0.1, 0.15) is 45.4 Å². The molecule has 15 heavy (non-hydrogen) atoms. The van der Waals surface area contributed by atoms with Gasteiger partial charge in [0, 0.05) is 12.6 Å². The van der Waals surface area contributed by atoms with E-state index in [0.717, 1.165) is 18.9 Å². The van der Waals surface area contributed by atoms with Crippen molar-refractivity contribution < 1.29 is 4.79 Å². The molecule has 2 fully saturated rings. The standard InChI is InChI=1S/C12H22N2O/c1-9-8-13-12(15)11(14-9)7-10-5-3-2-4-6-10/h9-11,14H,2-8H2,1H3,(H,13,15). The van der Waals surface area contributed by atoms with Crippen molar-refractivity contribution in [1.29, 1.82) is 0 Å². The molecule has 0 bridgehead atoms. The van der Waals surface area contributed by atoms with Gasteiger partial charge in [-0.05, 0) is 19.3 Å². The van der Waals surface area contributed by atoms with E-state index in [9.17, 15) is 4.79 Å². The Morgan fingerprint density at radius 2 is 2.00 bits per heavy atom. The van der Waals surface area contributed by atoms with Crippen LogP contribution in [-0.2, 0) is 4.79 Å². The molecule has 2 aliphatic rings. The SMILES string of the molecule is CC1CNC(=O)C(CC2CCCCC2)N1. The van der Waals surface area contributed by atoms with Gasteiger partial charge in [0.05, 0.1) is 6.04 Å². The maximum absolute atomic E-state index is 11.6. The highest BCUT2D eigenvalue weighted by molar-refractivity contribution is 5.82. The summed E-state index contributed by atoms with van der Waals surface area (Å²) >= 11 is 0. The lowest BCUT2D eigenvalue weighted by atomic mass is 9.84. The van der Waals surface area contributed by atoms with Crippen molar-refractivity contribution in [2.45, 2.75) is 57.5 Å². The Balaban J connectivity index is 1.83. The average molecular weight is 210 g/mol. The van der Waals surface area contributed by atoms with Crippen molar-refractivity contribution >= 4 is 5.91 Å².